The van der Waals surface area contributed by atoms with Crippen molar-refractivity contribution >= 4 is 32.6 Å². The lowest BCUT2D eigenvalue weighted by molar-refractivity contribution is 0.0986. The van der Waals surface area contributed by atoms with Gasteiger partial charge < -0.3 is 9.30 Å². The zero-order chi connectivity index (χ0) is 22.7. The van der Waals surface area contributed by atoms with Gasteiger partial charge >= 0.3 is 0 Å². The zero-order valence-corrected chi connectivity index (χ0v) is 19.7. The molecule has 1 amide bonds. The number of thiazole rings is 1. The van der Waals surface area contributed by atoms with Gasteiger partial charge in [-0.1, -0.05) is 23.5 Å². The average Bonchev–Trinajstić information content (AvgIpc) is 3.44. The third kappa shape index (κ3) is 4.83. The number of amides is 1. The number of fused-ring (bicyclic) bond motifs is 1. The monoisotopic (exact) mass is 448 g/mol. The van der Waals surface area contributed by atoms with E-state index in [4.69, 9.17) is 9.72 Å². The summed E-state index contributed by atoms with van der Waals surface area (Å²) >= 11 is 1.58. The zero-order valence-electron chi connectivity index (χ0n) is 18.9. The number of carbonyl (C=O) groups excluding carboxylic acids is 1. The van der Waals surface area contributed by atoms with Crippen LogP contribution >= 0.6 is 11.3 Å². The standard InChI is InChI=1S/C25H28N4O2S/c1-17(2)31-21-10-8-20(9-11-21)24(30)29(14-5-13-28-15-12-26-16-28)25-27-22-18(3)6-7-19(4)23(22)32-25/h6-12,15-17H,5,13-14H2,1-4H3. The van der Waals surface area contributed by atoms with Crippen molar-refractivity contribution in [2.75, 3.05) is 11.4 Å². The Morgan fingerprint density at radius 2 is 1.88 bits per heavy atom. The molecule has 166 valence electrons. The van der Waals surface area contributed by atoms with Crippen LogP contribution in [0.3, 0.4) is 0 Å². The van der Waals surface area contributed by atoms with Gasteiger partial charge in [0.15, 0.2) is 5.13 Å². The summed E-state index contributed by atoms with van der Waals surface area (Å²) in [6, 6.07) is 11.5. The summed E-state index contributed by atoms with van der Waals surface area (Å²) in [4.78, 5) is 24.3. The van der Waals surface area contributed by atoms with Crippen LogP contribution < -0.4 is 9.64 Å². The van der Waals surface area contributed by atoms with E-state index in [1.54, 1.807) is 28.8 Å². The van der Waals surface area contributed by atoms with Crippen LogP contribution in [0.4, 0.5) is 5.13 Å². The van der Waals surface area contributed by atoms with Gasteiger partial charge in [0.25, 0.3) is 5.91 Å². The molecule has 0 aliphatic rings. The number of carbonyl (C=O) groups is 1. The Morgan fingerprint density at radius 1 is 1.12 bits per heavy atom. The highest BCUT2D eigenvalue weighted by Gasteiger charge is 2.22. The number of hydrogen-bond acceptors (Lipinski definition) is 5. The molecular weight excluding hydrogens is 420 g/mol. The highest BCUT2D eigenvalue weighted by molar-refractivity contribution is 7.22. The second-order valence-electron chi connectivity index (χ2n) is 8.18. The lowest BCUT2D eigenvalue weighted by Crippen LogP contribution is -2.32. The van der Waals surface area contributed by atoms with E-state index >= 15 is 0 Å². The van der Waals surface area contributed by atoms with Gasteiger partial charge in [0, 0.05) is 31.0 Å². The molecule has 7 heteroatoms. The van der Waals surface area contributed by atoms with Gasteiger partial charge in [-0.15, -0.1) is 0 Å². The second kappa shape index (κ2) is 9.53. The van der Waals surface area contributed by atoms with Crippen LogP contribution in [0.1, 0.15) is 41.8 Å². The number of benzene rings is 2. The molecule has 0 saturated heterocycles. The van der Waals surface area contributed by atoms with Crippen molar-refractivity contribution in [1.29, 1.82) is 0 Å². The molecule has 32 heavy (non-hydrogen) atoms. The first-order valence-corrected chi connectivity index (χ1v) is 11.6. The lowest BCUT2D eigenvalue weighted by atomic mass is 10.1. The van der Waals surface area contributed by atoms with Crippen LogP contribution in [0.2, 0.25) is 0 Å². The average molecular weight is 449 g/mol. The SMILES string of the molecule is Cc1ccc(C)c2sc(N(CCCn3ccnc3)C(=O)c3ccc(OC(C)C)cc3)nc12. The van der Waals surface area contributed by atoms with Crippen molar-refractivity contribution < 1.29 is 9.53 Å². The van der Waals surface area contributed by atoms with E-state index in [0.29, 0.717) is 12.1 Å². The smallest absolute Gasteiger partial charge is 0.260 e. The Morgan fingerprint density at radius 3 is 2.53 bits per heavy atom. The molecule has 0 radical (unpaired) electrons. The number of aryl methyl sites for hydroxylation is 3. The summed E-state index contributed by atoms with van der Waals surface area (Å²) < 4.78 is 8.88. The fourth-order valence-electron chi connectivity index (χ4n) is 3.58. The Kier molecular flexibility index (Phi) is 6.55. The van der Waals surface area contributed by atoms with E-state index in [0.717, 1.165) is 39.6 Å². The molecule has 0 aliphatic carbocycles. The molecule has 2 aromatic carbocycles. The molecule has 0 spiro atoms. The number of ether oxygens (including phenoxy) is 1. The molecule has 4 rings (SSSR count). The molecule has 4 aromatic rings. The molecule has 6 nitrogen and oxygen atoms in total. The van der Waals surface area contributed by atoms with Crippen molar-refractivity contribution in [3.05, 3.63) is 71.8 Å². The Bertz CT molecular complexity index is 1160. The topological polar surface area (TPSA) is 60.2 Å². The maximum atomic E-state index is 13.6. The number of anilines is 1. The summed E-state index contributed by atoms with van der Waals surface area (Å²) in [5.74, 6) is 0.704. The summed E-state index contributed by atoms with van der Waals surface area (Å²) in [6.45, 7) is 9.47. The van der Waals surface area contributed by atoms with Crippen LogP contribution in [0, 0.1) is 13.8 Å². The summed E-state index contributed by atoms with van der Waals surface area (Å²) in [6.07, 6.45) is 6.38. The Hall–Kier alpha value is -3.19. The van der Waals surface area contributed by atoms with Gasteiger partial charge in [-0.25, -0.2) is 9.97 Å². The van der Waals surface area contributed by atoms with E-state index < -0.39 is 0 Å². The van der Waals surface area contributed by atoms with E-state index in [9.17, 15) is 4.79 Å². The molecule has 0 N–H and O–H groups in total. The van der Waals surface area contributed by atoms with Gasteiger partial charge in [0.1, 0.15) is 5.75 Å². The molecule has 0 unspecified atom stereocenters. The number of hydrogen-bond donors (Lipinski definition) is 0. The number of rotatable bonds is 8. The maximum Gasteiger partial charge on any atom is 0.260 e. The maximum absolute atomic E-state index is 13.6. The number of imidazole rings is 1. The molecule has 0 aliphatic heterocycles. The van der Waals surface area contributed by atoms with Gasteiger partial charge in [-0.3, -0.25) is 9.69 Å². The van der Waals surface area contributed by atoms with Crippen LogP contribution in [0.15, 0.2) is 55.1 Å². The fraction of sp³-hybridized carbons (Fsp3) is 0.320. The van der Waals surface area contributed by atoms with Crippen molar-refractivity contribution in [3.63, 3.8) is 0 Å². The van der Waals surface area contributed by atoms with Crippen molar-refractivity contribution in [2.45, 2.75) is 46.8 Å². The van der Waals surface area contributed by atoms with Crippen molar-refractivity contribution in [3.8, 4) is 5.75 Å². The van der Waals surface area contributed by atoms with E-state index in [-0.39, 0.29) is 12.0 Å². The van der Waals surface area contributed by atoms with E-state index in [1.165, 1.54) is 5.56 Å². The van der Waals surface area contributed by atoms with Crippen molar-refractivity contribution in [1.82, 2.24) is 14.5 Å². The van der Waals surface area contributed by atoms with E-state index in [1.807, 2.05) is 48.9 Å². The highest BCUT2D eigenvalue weighted by atomic mass is 32.1. The fourth-order valence-corrected chi connectivity index (χ4v) is 4.72. The molecule has 2 aromatic heterocycles. The first kappa shape index (κ1) is 22.0. The molecular formula is C25H28N4O2S. The van der Waals surface area contributed by atoms with Gasteiger partial charge in [0.05, 0.1) is 22.6 Å². The summed E-state index contributed by atoms with van der Waals surface area (Å²) in [5, 5.41) is 0.732. The lowest BCUT2D eigenvalue weighted by Gasteiger charge is -2.20. The van der Waals surface area contributed by atoms with Crippen LogP contribution in [-0.4, -0.2) is 33.1 Å². The molecule has 0 atom stereocenters. The van der Waals surface area contributed by atoms with Crippen molar-refractivity contribution in [2.24, 2.45) is 0 Å². The predicted molar refractivity (Wildman–Crippen MR) is 130 cm³/mol. The quantitative estimate of drug-likeness (QED) is 0.350. The number of nitrogens with zero attached hydrogens (tertiary/aromatic N) is 4. The molecule has 0 saturated carbocycles. The van der Waals surface area contributed by atoms with Crippen LogP contribution in [-0.2, 0) is 6.54 Å². The van der Waals surface area contributed by atoms with Gasteiger partial charge in [0.2, 0.25) is 0 Å². The molecule has 0 bridgehead atoms. The first-order valence-electron chi connectivity index (χ1n) is 10.8. The van der Waals surface area contributed by atoms with Gasteiger partial charge in [-0.05, 0) is 69.5 Å². The minimum atomic E-state index is -0.0545. The molecule has 2 heterocycles. The Labute approximate surface area is 192 Å². The molecule has 0 fully saturated rings. The predicted octanol–water partition coefficient (Wildman–Crippen LogP) is 5.63. The van der Waals surface area contributed by atoms with E-state index in [2.05, 4.69) is 31.0 Å². The minimum absolute atomic E-state index is 0.0545. The third-order valence-electron chi connectivity index (χ3n) is 5.24. The minimum Gasteiger partial charge on any atom is -0.491 e. The third-order valence-corrected chi connectivity index (χ3v) is 6.45. The van der Waals surface area contributed by atoms with Gasteiger partial charge in [-0.2, -0.15) is 0 Å². The van der Waals surface area contributed by atoms with Crippen LogP contribution in [0.5, 0.6) is 5.75 Å². The summed E-state index contributed by atoms with van der Waals surface area (Å²) in [5.41, 5.74) is 3.89. The second-order valence-corrected chi connectivity index (χ2v) is 9.15. The highest BCUT2D eigenvalue weighted by Crippen LogP contribution is 2.34. The largest absolute Gasteiger partial charge is 0.491 e. The first-order chi connectivity index (χ1) is 15.4. The summed E-state index contributed by atoms with van der Waals surface area (Å²) in [7, 11) is 0. The number of aromatic nitrogens is 3. The normalized spacial score (nSPS) is 11.3. The Balaban J connectivity index is 1.63. The van der Waals surface area contributed by atoms with Crippen LogP contribution in [0.25, 0.3) is 10.2 Å².